The third-order valence-corrected chi connectivity index (χ3v) is 11.5. The molecule has 0 radical (unpaired) electrons. The number of carbonyl (C=O) groups excluding carboxylic acids is 2. The standard InChI is InChI=1S/C28H38Br4N4O8S2/c1-35(2)13-9-5-7-11-33-45(39,40)19-15-21(29)25(22(30)16-19)43-27(37)28(38)44-26-23(31)17-20(18-24(26)32)46(41,42)34-12-8-6-10-14-36(3)4/h15-18,33-34H,5-14H2,1-4H3. The number of carbonyl (C=O) groups is 2. The largest absolute Gasteiger partial charge is 0.423 e. The molecule has 12 nitrogen and oxygen atoms in total. The van der Waals surface area contributed by atoms with E-state index in [2.05, 4.69) is 83.0 Å². The van der Waals surface area contributed by atoms with Crippen molar-refractivity contribution in [3.63, 3.8) is 0 Å². The van der Waals surface area contributed by atoms with E-state index in [0.29, 0.717) is 12.8 Å². The quantitative estimate of drug-likeness (QED) is 0.0877. The Morgan fingerprint density at radius 2 is 0.891 bits per heavy atom. The number of halogens is 4. The highest BCUT2D eigenvalue weighted by Crippen LogP contribution is 2.38. The molecule has 2 rings (SSSR count). The van der Waals surface area contributed by atoms with Crippen molar-refractivity contribution < 1.29 is 35.9 Å². The maximum atomic E-state index is 12.8. The molecule has 0 amide bonds. The van der Waals surface area contributed by atoms with Crippen LogP contribution in [-0.4, -0.2) is 92.9 Å². The Hall–Kier alpha value is -0.960. The zero-order chi connectivity index (χ0) is 34.7. The topological polar surface area (TPSA) is 151 Å². The monoisotopic (exact) mass is 938 g/mol. The lowest BCUT2D eigenvalue weighted by atomic mass is 10.2. The maximum Gasteiger partial charge on any atom is 0.423 e. The number of hydrogen-bond acceptors (Lipinski definition) is 10. The molecule has 0 unspecified atom stereocenters. The van der Waals surface area contributed by atoms with Gasteiger partial charge in [-0.2, -0.15) is 0 Å². The highest BCUT2D eigenvalue weighted by Gasteiger charge is 2.27. The third kappa shape index (κ3) is 13.5. The van der Waals surface area contributed by atoms with Crippen molar-refractivity contribution in [2.45, 2.75) is 48.3 Å². The Bertz CT molecular complexity index is 1430. The fraction of sp³-hybridized carbons (Fsp3) is 0.500. The van der Waals surface area contributed by atoms with Crippen LogP contribution in [0.2, 0.25) is 0 Å². The normalized spacial score (nSPS) is 12.1. The molecule has 2 aromatic carbocycles. The van der Waals surface area contributed by atoms with E-state index in [-0.39, 0.29) is 52.3 Å². The average molecular weight is 942 g/mol. The van der Waals surface area contributed by atoms with Crippen LogP contribution in [0.5, 0.6) is 11.5 Å². The molecule has 0 aromatic heterocycles. The molecule has 0 aliphatic carbocycles. The molecule has 0 atom stereocenters. The van der Waals surface area contributed by atoms with Gasteiger partial charge in [0.25, 0.3) is 0 Å². The number of benzene rings is 2. The second-order valence-electron chi connectivity index (χ2n) is 10.7. The van der Waals surface area contributed by atoms with Gasteiger partial charge in [-0.25, -0.2) is 35.9 Å². The highest BCUT2D eigenvalue weighted by atomic mass is 79.9. The lowest BCUT2D eigenvalue weighted by Gasteiger charge is -2.13. The molecule has 46 heavy (non-hydrogen) atoms. The van der Waals surface area contributed by atoms with Gasteiger partial charge in [-0.15, -0.1) is 0 Å². The van der Waals surface area contributed by atoms with Crippen LogP contribution in [0.25, 0.3) is 0 Å². The molecule has 0 spiro atoms. The zero-order valence-corrected chi connectivity index (χ0v) is 33.8. The fourth-order valence-electron chi connectivity index (χ4n) is 3.89. The SMILES string of the molecule is CN(C)CCCCCNS(=O)(=O)c1cc(Br)c(OC(=O)C(=O)Oc2c(Br)cc(S(=O)(=O)NCCCCCN(C)C)cc2Br)c(Br)c1. The van der Waals surface area contributed by atoms with Gasteiger partial charge in [0.1, 0.15) is 0 Å². The minimum absolute atomic E-state index is 0.0800. The molecule has 258 valence electrons. The van der Waals surface area contributed by atoms with E-state index in [1.807, 2.05) is 28.2 Å². The van der Waals surface area contributed by atoms with Crippen molar-refractivity contribution in [1.29, 1.82) is 0 Å². The summed E-state index contributed by atoms with van der Waals surface area (Å²) in [4.78, 5) is 29.2. The molecular formula is C28H38Br4N4O8S2. The predicted octanol–water partition coefficient (Wildman–Crippen LogP) is 5.27. The van der Waals surface area contributed by atoms with Gasteiger partial charge in [-0.3, -0.25) is 0 Å². The smallest absolute Gasteiger partial charge is 0.416 e. The molecular weight excluding hydrogens is 904 g/mol. The van der Waals surface area contributed by atoms with Crippen molar-refractivity contribution in [2.24, 2.45) is 0 Å². The van der Waals surface area contributed by atoms with Crippen molar-refractivity contribution in [3.8, 4) is 11.5 Å². The Balaban J connectivity index is 2.03. The Kier molecular flexibility index (Phi) is 17.3. The molecule has 0 saturated heterocycles. The number of nitrogens with one attached hydrogen (secondary N) is 2. The first-order valence-corrected chi connectivity index (χ1v) is 20.3. The Labute approximate surface area is 304 Å². The van der Waals surface area contributed by atoms with E-state index >= 15 is 0 Å². The maximum absolute atomic E-state index is 12.8. The summed E-state index contributed by atoms with van der Waals surface area (Å²) >= 11 is 12.8. The van der Waals surface area contributed by atoms with E-state index < -0.39 is 32.0 Å². The van der Waals surface area contributed by atoms with Crippen LogP contribution in [0.4, 0.5) is 0 Å². The molecule has 0 bridgehead atoms. The number of unbranched alkanes of at least 4 members (excludes halogenated alkanes) is 4. The highest BCUT2D eigenvalue weighted by molar-refractivity contribution is 9.11. The first kappa shape index (κ1) is 41.2. The number of ether oxygens (including phenoxy) is 2. The summed E-state index contributed by atoms with van der Waals surface area (Å²) < 4.78 is 67.0. The third-order valence-electron chi connectivity index (χ3n) is 6.27. The van der Waals surface area contributed by atoms with E-state index in [1.54, 1.807) is 0 Å². The predicted molar refractivity (Wildman–Crippen MR) is 190 cm³/mol. The average Bonchev–Trinajstić information content (AvgIpc) is 2.95. The van der Waals surface area contributed by atoms with Crippen LogP contribution in [0, 0.1) is 0 Å². The van der Waals surface area contributed by atoms with E-state index in [9.17, 15) is 26.4 Å². The van der Waals surface area contributed by atoms with E-state index in [0.717, 1.165) is 38.8 Å². The van der Waals surface area contributed by atoms with Crippen LogP contribution >= 0.6 is 63.7 Å². The molecule has 0 fully saturated rings. The molecule has 0 aliphatic heterocycles. The lowest BCUT2D eigenvalue weighted by molar-refractivity contribution is -0.156. The van der Waals surface area contributed by atoms with Gasteiger partial charge in [0.2, 0.25) is 20.0 Å². The van der Waals surface area contributed by atoms with Crippen LogP contribution in [-0.2, 0) is 29.6 Å². The van der Waals surface area contributed by atoms with Crippen molar-refractivity contribution in [1.82, 2.24) is 19.2 Å². The molecule has 2 aromatic rings. The molecule has 0 aliphatic rings. The van der Waals surface area contributed by atoms with Crippen molar-refractivity contribution in [2.75, 3.05) is 54.4 Å². The van der Waals surface area contributed by atoms with Gasteiger partial charge in [0.15, 0.2) is 11.5 Å². The summed E-state index contributed by atoms with van der Waals surface area (Å²) in [5.41, 5.74) is 0. The second kappa shape index (κ2) is 19.3. The van der Waals surface area contributed by atoms with Gasteiger partial charge >= 0.3 is 11.9 Å². The van der Waals surface area contributed by atoms with Crippen LogP contribution in [0.1, 0.15) is 38.5 Å². The van der Waals surface area contributed by atoms with Crippen molar-refractivity contribution in [3.05, 3.63) is 42.2 Å². The molecule has 18 heteroatoms. The summed E-state index contributed by atoms with van der Waals surface area (Å²) in [7, 11) is 0.189. The number of esters is 2. The summed E-state index contributed by atoms with van der Waals surface area (Å²) in [6, 6.07) is 4.99. The minimum Gasteiger partial charge on any atom is -0.416 e. The molecule has 2 N–H and O–H groups in total. The number of sulfonamides is 2. The first-order valence-electron chi connectivity index (χ1n) is 14.2. The summed E-state index contributed by atoms with van der Waals surface area (Å²) in [5, 5.41) is 0. The molecule has 0 heterocycles. The van der Waals surface area contributed by atoms with Crippen LogP contribution in [0.3, 0.4) is 0 Å². The Morgan fingerprint density at radius 3 is 1.17 bits per heavy atom. The van der Waals surface area contributed by atoms with Crippen LogP contribution < -0.4 is 18.9 Å². The van der Waals surface area contributed by atoms with E-state index in [1.165, 1.54) is 24.3 Å². The number of rotatable bonds is 18. The van der Waals surface area contributed by atoms with Gasteiger partial charge in [-0.1, -0.05) is 12.8 Å². The van der Waals surface area contributed by atoms with Crippen LogP contribution in [0.15, 0.2) is 51.9 Å². The fourth-order valence-corrected chi connectivity index (χ4v) is 9.44. The Morgan fingerprint density at radius 1 is 0.587 bits per heavy atom. The van der Waals surface area contributed by atoms with Gasteiger partial charge < -0.3 is 19.3 Å². The van der Waals surface area contributed by atoms with Gasteiger partial charge in [-0.05, 0) is 155 Å². The summed E-state index contributed by atoms with van der Waals surface area (Å²) in [6.07, 6.45) is 4.98. The summed E-state index contributed by atoms with van der Waals surface area (Å²) in [5.74, 6) is -3.09. The lowest BCUT2D eigenvalue weighted by Crippen LogP contribution is -2.27. The van der Waals surface area contributed by atoms with Crippen molar-refractivity contribution >= 4 is 95.7 Å². The molecule has 0 saturated carbocycles. The number of hydrogen-bond donors (Lipinski definition) is 2. The zero-order valence-electron chi connectivity index (χ0n) is 25.9. The van der Waals surface area contributed by atoms with E-state index in [4.69, 9.17) is 9.47 Å². The summed E-state index contributed by atoms with van der Waals surface area (Å²) in [6.45, 7) is 2.36. The minimum atomic E-state index is -3.86. The van der Waals surface area contributed by atoms with Gasteiger partial charge in [0, 0.05) is 13.1 Å². The number of nitrogens with zero attached hydrogens (tertiary/aromatic N) is 2. The second-order valence-corrected chi connectivity index (χ2v) is 17.7. The first-order chi connectivity index (χ1) is 21.4. The van der Waals surface area contributed by atoms with Gasteiger partial charge in [0.05, 0.1) is 27.7 Å².